The summed E-state index contributed by atoms with van der Waals surface area (Å²) in [7, 11) is -3.72. The summed E-state index contributed by atoms with van der Waals surface area (Å²) in [6.07, 6.45) is 4.33. The van der Waals surface area contributed by atoms with Crippen molar-refractivity contribution < 1.29 is 61.9 Å². The van der Waals surface area contributed by atoms with E-state index < -0.39 is 24.2 Å². The minimum Gasteiger partial charge on any atom is -0.493 e. The third-order valence-corrected chi connectivity index (χ3v) is 18.1. The summed E-state index contributed by atoms with van der Waals surface area (Å²) < 4.78 is 39.5. The molecule has 0 unspecified atom stereocenters. The van der Waals surface area contributed by atoms with E-state index in [1.54, 1.807) is 6.08 Å². The topological polar surface area (TPSA) is 167 Å². The zero-order valence-corrected chi connectivity index (χ0v) is 47.5. The lowest BCUT2D eigenvalue weighted by molar-refractivity contribution is -0.140. The molecule has 0 radical (unpaired) electrons. The fourth-order valence-electron chi connectivity index (χ4n) is 7.84. The van der Waals surface area contributed by atoms with Crippen molar-refractivity contribution in [3.63, 3.8) is 0 Å². The molecule has 3 aromatic carbocycles. The standard InChI is InChI=1S/C18H25BrO5Si.C18H24O4Si.C16H22O4Si/c1-11-14-10-24-18(21)15(14)17(23-8-9-25(3,4)5)13(16(11)19)6-7-22-12(2)20;1-6-13-12(2)15-11-22-18(20)16(15)17(14(13)7-8-19)21-9-10-23(3,4)5;1-11-9-12(5-6-17)15(19-7-8-21(2,3)4)14-13(11)10-20-16(14)18/h6-10H2,1-5H3;6,8H,1,7,9-11H2,2-5H3;6,9H,5,7-8,10H2,1-4H3. The molecule has 3 heterocycles. The molecule has 0 fully saturated rings. The predicted octanol–water partition coefficient (Wildman–Crippen LogP) is 11.1. The highest BCUT2D eigenvalue weighted by molar-refractivity contribution is 9.10. The molecule has 0 aromatic heterocycles. The smallest absolute Gasteiger partial charge is 0.342 e. The van der Waals surface area contributed by atoms with Crippen LogP contribution in [-0.4, -0.2) is 87.1 Å². The monoisotopic (exact) mass is 1070 g/mol. The number of halogens is 1. The normalized spacial score (nSPS) is 13.6. The highest BCUT2D eigenvalue weighted by Crippen LogP contribution is 2.42. The van der Waals surface area contributed by atoms with E-state index in [9.17, 15) is 28.8 Å². The van der Waals surface area contributed by atoms with Gasteiger partial charge >= 0.3 is 23.9 Å². The highest BCUT2D eigenvalue weighted by Gasteiger charge is 2.35. The average Bonchev–Trinajstić information content (AvgIpc) is 3.96. The lowest BCUT2D eigenvalue weighted by atomic mass is 9.91. The Hall–Kier alpha value is -4.85. The van der Waals surface area contributed by atoms with Gasteiger partial charge in [0.15, 0.2) is 0 Å². The van der Waals surface area contributed by atoms with Gasteiger partial charge in [-0.1, -0.05) is 93.6 Å². The van der Waals surface area contributed by atoms with Gasteiger partial charge in [-0.3, -0.25) is 4.79 Å². The van der Waals surface area contributed by atoms with Crippen LogP contribution in [0.2, 0.25) is 77.1 Å². The van der Waals surface area contributed by atoms with Gasteiger partial charge in [-0.05, 0) is 61.2 Å². The molecule has 0 amide bonds. The Morgan fingerprint density at radius 1 is 0.638 bits per heavy atom. The Bertz CT molecular complexity index is 2460. The molecule has 0 spiro atoms. The van der Waals surface area contributed by atoms with Gasteiger partial charge in [-0.2, -0.15) is 0 Å². The maximum absolute atomic E-state index is 12.2. The molecule has 6 rings (SSSR count). The minimum absolute atomic E-state index is 0.199. The second kappa shape index (κ2) is 24.3. The Balaban J connectivity index is 0.000000226. The summed E-state index contributed by atoms with van der Waals surface area (Å²) >= 11 is 3.62. The molecular formula is C52H71BrO13Si3. The third-order valence-electron chi connectivity index (χ3n) is 11.9. The van der Waals surface area contributed by atoms with Crippen molar-refractivity contribution in [1.29, 1.82) is 0 Å². The van der Waals surface area contributed by atoms with E-state index in [2.05, 4.69) is 81.4 Å². The molecule has 3 aliphatic heterocycles. The number of hydrogen-bond acceptors (Lipinski definition) is 13. The van der Waals surface area contributed by atoms with Crippen molar-refractivity contribution in [2.24, 2.45) is 0 Å². The molecule has 17 heteroatoms. The lowest BCUT2D eigenvalue weighted by Crippen LogP contribution is -2.23. The number of rotatable bonds is 20. The number of carbonyl (C=O) groups excluding carboxylic acids is 6. The second-order valence-corrected chi connectivity index (χ2v) is 38.7. The number of esters is 4. The number of carbonyl (C=O) groups is 6. The zero-order valence-electron chi connectivity index (χ0n) is 42.9. The summed E-state index contributed by atoms with van der Waals surface area (Å²) in [5.74, 6) is 0.242. The predicted molar refractivity (Wildman–Crippen MR) is 280 cm³/mol. The van der Waals surface area contributed by atoms with Crippen molar-refractivity contribution in [2.45, 2.75) is 144 Å². The van der Waals surface area contributed by atoms with Crippen LogP contribution < -0.4 is 14.2 Å². The highest BCUT2D eigenvalue weighted by atomic mass is 79.9. The van der Waals surface area contributed by atoms with Crippen molar-refractivity contribution in [3.05, 3.63) is 89.4 Å². The Labute approximate surface area is 419 Å². The number of ether oxygens (including phenoxy) is 7. The van der Waals surface area contributed by atoms with Crippen LogP contribution in [0.3, 0.4) is 0 Å². The van der Waals surface area contributed by atoms with Gasteiger partial charge in [0.1, 0.15) is 66.3 Å². The number of fused-ring (bicyclic) bond motifs is 3. The Morgan fingerprint density at radius 3 is 1.49 bits per heavy atom. The van der Waals surface area contributed by atoms with E-state index in [0.29, 0.717) is 66.8 Å². The van der Waals surface area contributed by atoms with Crippen molar-refractivity contribution >= 4 is 82.7 Å². The van der Waals surface area contributed by atoms with Crippen LogP contribution in [-0.2, 0) is 72.4 Å². The summed E-state index contributed by atoms with van der Waals surface area (Å²) in [6.45, 7) is 34.3. The maximum Gasteiger partial charge on any atom is 0.342 e. The van der Waals surface area contributed by atoms with E-state index in [1.807, 2.05) is 26.8 Å². The van der Waals surface area contributed by atoms with Gasteiger partial charge in [0.2, 0.25) is 0 Å². The molecule has 0 aliphatic carbocycles. The van der Waals surface area contributed by atoms with Gasteiger partial charge in [-0.25, -0.2) is 14.4 Å². The molecule has 0 atom stereocenters. The molecule has 3 aliphatic rings. The Morgan fingerprint density at radius 2 is 1.06 bits per heavy atom. The molecule has 376 valence electrons. The fraction of sp³-hybridized carbons (Fsp3) is 0.500. The molecule has 0 N–H and O–H groups in total. The van der Waals surface area contributed by atoms with Gasteiger partial charge in [0.25, 0.3) is 0 Å². The summed E-state index contributed by atoms with van der Waals surface area (Å²) in [4.78, 5) is 69.4. The van der Waals surface area contributed by atoms with Gasteiger partial charge < -0.3 is 42.7 Å². The number of hydrogen-bond donors (Lipinski definition) is 0. The van der Waals surface area contributed by atoms with Crippen LogP contribution in [0.25, 0.3) is 6.08 Å². The van der Waals surface area contributed by atoms with Crippen LogP contribution >= 0.6 is 15.9 Å². The Kier molecular flexibility index (Phi) is 20.0. The molecule has 13 nitrogen and oxygen atoms in total. The molecular weight excluding hydrogens is 997 g/mol. The average molecular weight is 1070 g/mol. The SMILES string of the molecule is C=Cc1c(C)c2c(c(OCC[Si](C)(C)C)c1CC=O)C(=O)OC2.CC(=O)OCCc1c(Br)c(C)c2c(c1OCC[Si](C)(C)C)C(=O)OC2.Cc1cc(CC=O)c(OCC[Si](C)(C)C)c2c1COC2=O. The molecule has 69 heavy (non-hydrogen) atoms. The van der Waals surface area contributed by atoms with E-state index in [4.69, 9.17) is 33.2 Å². The molecule has 3 aromatic rings. The molecule has 0 saturated heterocycles. The van der Waals surface area contributed by atoms with E-state index in [1.165, 1.54) is 6.92 Å². The van der Waals surface area contributed by atoms with Crippen LogP contribution in [0, 0.1) is 20.8 Å². The van der Waals surface area contributed by atoms with Gasteiger partial charge in [0, 0.05) is 88.3 Å². The van der Waals surface area contributed by atoms with Gasteiger partial charge in [-0.15, -0.1) is 0 Å². The fourth-order valence-corrected chi connectivity index (χ4v) is 10.6. The van der Waals surface area contributed by atoms with Crippen LogP contribution in [0.4, 0.5) is 0 Å². The van der Waals surface area contributed by atoms with Crippen molar-refractivity contribution in [2.75, 3.05) is 26.4 Å². The van der Waals surface area contributed by atoms with Crippen molar-refractivity contribution in [3.8, 4) is 17.2 Å². The molecule has 0 saturated carbocycles. The summed E-state index contributed by atoms with van der Waals surface area (Å²) in [5.41, 5.74) is 10.3. The van der Waals surface area contributed by atoms with Crippen LogP contribution in [0.15, 0.2) is 17.1 Å². The van der Waals surface area contributed by atoms with E-state index in [0.717, 1.165) is 90.8 Å². The number of cyclic esters (lactones) is 3. The largest absolute Gasteiger partial charge is 0.493 e. The van der Waals surface area contributed by atoms with Crippen LogP contribution in [0.1, 0.15) is 93.6 Å². The zero-order chi connectivity index (χ0) is 51.6. The minimum atomic E-state index is -1.26. The first kappa shape index (κ1) is 56.7. The van der Waals surface area contributed by atoms with Gasteiger partial charge in [0.05, 0.1) is 26.4 Å². The lowest BCUT2D eigenvalue weighted by Gasteiger charge is -2.21. The first-order valence-electron chi connectivity index (χ1n) is 23.4. The second-order valence-electron chi connectivity index (χ2n) is 21.1. The van der Waals surface area contributed by atoms with E-state index in [-0.39, 0.29) is 56.5 Å². The first-order chi connectivity index (χ1) is 32.2. The maximum atomic E-state index is 12.2. The number of aldehydes is 2. The quantitative estimate of drug-likeness (QED) is 0.0454. The summed E-state index contributed by atoms with van der Waals surface area (Å²) in [5, 5.41) is 0. The van der Waals surface area contributed by atoms with Crippen LogP contribution in [0.5, 0.6) is 17.2 Å². The first-order valence-corrected chi connectivity index (χ1v) is 35.4. The number of benzene rings is 3. The van der Waals surface area contributed by atoms with Crippen molar-refractivity contribution in [1.82, 2.24) is 0 Å². The molecule has 0 bridgehead atoms. The third kappa shape index (κ3) is 15.1. The van der Waals surface area contributed by atoms with E-state index >= 15 is 0 Å². The summed E-state index contributed by atoms with van der Waals surface area (Å²) in [6, 6.07) is 4.91. The number of aryl methyl sites for hydroxylation is 1.